The van der Waals surface area contributed by atoms with Crippen molar-refractivity contribution in [1.29, 1.82) is 0 Å². The van der Waals surface area contributed by atoms with E-state index in [-0.39, 0.29) is 11.7 Å². The molecule has 0 heterocycles. The van der Waals surface area contributed by atoms with Gasteiger partial charge in [-0.05, 0) is 37.0 Å². The number of carbonyl (C=O) groups excluding carboxylic acids is 1. The van der Waals surface area contributed by atoms with Gasteiger partial charge in [-0.15, -0.1) is 0 Å². The number of Topliss-reactive ketones (excluding diaryl/α,β-unsaturated/α-hetero) is 1. The van der Waals surface area contributed by atoms with Crippen LogP contribution in [0.3, 0.4) is 0 Å². The molecule has 94 valence electrons. The zero-order valence-corrected chi connectivity index (χ0v) is 11.7. The minimum Gasteiger partial charge on any atom is -0.495 e. The summed E-state index contributed by atoms with van der Waals surface area (Å²) >= 11 is 12.0. The second-order valence-corrected chi connectivity index (χ2v) is 5.14. The lowest BCUT2D eigenvalue weighted by molar-refractivity contribution is -0.117. The summed E-state index contributed by atoms with van der Waals surface area (Å²) < 4.78 is 5.26. The van der Waals surface area contributed by atoms with Crippen LogP contribution in [0.25, 0.3) is 0 Å². The highest BCUT2D eigenvalue weighted by Crippen LogP contribution is 2.33. The molecule has 0 aliphatic heterocycles. The molecule has 1 rings (SSSR count). The van der Waals surface area contributed by atoms with Crippen LogP contribution in [-0.4, -0.2) is 12.9 Å². The molecule has 0 aliphatic carbocycles. The number of ketones is 1. The van der Waals surface area contributed by atoms with Crippen molar-refractivity contribution in [1.82, 2.24) is 0 Å². The van der Waals surface area contributed by atoms with Gasteiger partial charge in [0, 0.05) is 11.4 Å². The summed E-state index contributed by atoms with van der Waals surface area (Å²) in [6, 6.07) is 3.49. The minimum atomic E-state index is 0.185. The van der Waals surface area contributed by atoms with Gasteiger partial charge in [-0.3, -0.25) is 0 Å². The Kier molecular flexibility index (Phi) is 5.29. The Labute approximate surface area is 112 Å². The first-order valence-corrected chi connectivity index (χ1v) is 6.21. The number of ether oxygens (including phenoxy) is 1. The third-order valence-corrected chi connectivity index (χ3v) is 2.99. The molecular weight excluding hydrogens is 259 g/mol. The van der Waals surface area contributed by atoms with E-state index in [0.717, 1.165) is 12.0 Å². The molecule has 0 spiro atoms. The van der Waals surface area contributed by atoms with Crippen LogP contribution >= 0.6 is 23.2 Å². The molecule has 1 aromatic rings. The SMILES string of the molecule is COc1c(Cl)cc(Cl)cc1CC(C)CC(C)=O. The molecule has 0 saturated carbocycles. The number of rotatable bonds is 5. The van der Waals surface area contributed by atoms with Crippen molar-refractivity contribution >= 4 is 29.0 Å². The quantitative estimate of drug-likeness (QED) is 0.806. The molecule has 1 unspecified atom stereocenters. The van der Waals surface area contributed by atoms with E-state index in [0.29, 0.717) is 22.2 Å². The topological polar surface area (TPSA) is 26.3 Å². The van der Waals surface area contributed by atoms with Crippen molar-refractivity contribution < 1.29 is 9.53 Å². The third-order valence-electron chi connectivity index (χ3n) is 2.49. The Bertz CT molecular complexity index is 416. The summed E-state index contributed by atoms with van der Waals surface area (Å²) in [5.74, 6) is 1.08. The highest BCUT2D eigenvalue weighted by molar-refractivity contribution is 6.35. The number of benzene rings is 1. The first-order chi connectivity index (χ1) is 7.93. The van der Waals surface area contributed by atoms with E-state index in [4.69, 9.17) is 27.9 Å². The Morgan fingerprint density at radius 1 is 1.41 bits per heavy atom. The largest absolute Gasteiger partial charge is 0.495 e. The fourth-order valence-electron chi connectivity index (χ4n) is 1.93. The molecule has 17 heavy (non-hydrogen) atoms. The normalized spacial score (nSPS) is 12.3. The minimum absolute atomic E-state index is 0.185. The molecule has 0 fully saturated rings. The van der Waals surface area contributed by atoms with Crippen LogP contribution in [0.1, 0.15) is 25.8 Å². The van der Waals surface area contributed by atoms with Gasteiger partial charge in [0.2, 0.25) is 0 Å². The lowest BCUT2D eigenvalue weighted by Gasteiger charge is -2.14. The predicted octanol–water partition coefficient (Wildman–Crippen LogP) is 4.16. The van der Waals surface area contributed by atoms with Crippen LogP contribution in [0.2, 0.25) is 10.0 Å². The van der Waals surface area contributed by atoms with Gasteiger partial charge in [0.25, 0.3) is 0 Å². The lowest BCUT2D eigenvalue weighted by Crippen LogP contribution is -2.06. The average Bonchev–Trinajstić information content (AvgIpc) is 2.15. The molecule has 0 saturated heterocycles. The van der Waals surface area contributed by atoms with Crippen molar-refractivity contribution in [2.45, 2.75) is 26.7 Å². The van der Waals surface area contributed by atoms with Gasteiger partial charge in [0.15, 0.2) is 0 Å². The summed E-state index contributed by atoms with van der Waals surface area (Å²) in [6.07, 6.45) is 1.27. The maximum Gasteiger partial charge on any atom is 0.140 e. The van der Waals surface area contributed by atoms with E-state index in [9.17, 15) is 4.79 Å². The van der Waals surface area contributed by atoms with Crippen molar-refractivity contribution in [3.63, 3.8) is 0 Å². The number of hydrogen-bond acceptors (Lipinski definition) is 2. The Morgan fingerprint density at radius 2 is 2.06 bits per heavy atom. The van der Waals surface area contributed by atoms with Crippen molar-refractivity contribution in [2.75, 3.05) is 7.11 Å². The van der Waals surface area contributed by atoms with Crippen LogP contribution in [0.4, 0.5) is 0 Å². The summed E-state index contributed by atoms with van der Waals surface area (Å²) in [5.41, 5.74) is 0.943. The van der Waals surface area contributed by atoms with Crippen molar-refractivity contribution in [2.24, 2.45) is 5.92 Å². The van der Waals surface area contributed by atoms with Crippen LogP contribution in [-0.2, 0) is 11.2 Å². The molecule has 0 amide bonds. The summed E-state index contributed by atoms with van der Waals surface area (Å²) in [6.45, 7) is 3.62. The maximum absolute atomic E-state index is 11.0. The van der Waals surface area contributed by atoms with Crippen LogP contribution in [0, 0.1) is 5.92 Å². The fraction of sp³-hybridized carbons (Fsp3) is 0.462. The maximum atomic E-state index is 11.0. The Balaban J connectivity index is 2.92. The Hall–Kier alpha value is -0.730. The molecule has 0 bridgehead atoms. The van der Waals surface area contributed by atoms with Crippen LogP contribution < -0.4 is 4.74 Å². The third kappa shape index (κ3) is 4.21. The number of methoxy groups -OCH3 is 1. The van der Waals surface area contributed by atoms with Crippen molar-refractivity contribution in [3.8, 4) is 5.75 Å². The van der Waals surface area contributed by atoms with Crippen LogP contribution in [0.5, 0.6) is 5.75 Å². The average molecular weight is 275 g/mol. The lowest BCUT2D eigenvalue weighted by atomic mass is 9.96. The van der Waals surface area contributed by atoms with E-state index in [1.54, 1.807) is 20.1 Å². The summed E-state index contributed by atoms with van der Waals surface area (Å²) in [4.78, 5) is 11.0. The molecule has 0 aliphatic rings. The van der Waals surface area contributed by atoms with E-state index < -0.39 is 0 Å². The molecular formula is C13H16Cl2O2. The van der Waals surface area contributed by atoms with E-state index >= 15 is 0 Å². The smallest absolute Gasteiger partial charge is 0.140 e. The Morgan fingerprint density at radius 3 is 2.59 bits per heavy atom. The van der Waals surface area contributed by atoms with Gasteiger partial charge < -0.3 is 9.53 Å². The second-order valence-electron chi connectivity index (χ2n) is 4.30. The van der Waals surface area contributed by atoms with Crippen LogP contribution in [0.15, 0.2) is 12.1 Å². The zero-order valence-electron chi connectivity index (χ0n) is 10.2. The van der Waals surface area contributed by atoms with Gasteiger partial charge in [0.05, 0.1) is 12.1 Å². The number of hydrogen-bond donors (Lipinski definition) is 0. The van der Waals surface area contributed by atoms with Crippen molar-refractivity contribution in [3.05, 3.63) is 27.7 Å². The predicted molar refractivity (Wildman–Crippen MR) is 71.2 cm³/mol. The van der Waals surface area contributed by atoms with E-state index in [2.05, 4.69) is 0 Å². The second kappa shape index (κ2) is 6.27. The highest BCUT2D eigenvalue weighted by Gasteiger charge is 2.14. The van der Waals surface area contributed by atoms with E-state index in [1.807, 2.05) is 13.0 Å². The van der Waals surface area contributed by atoms with Gasteiger partial charge in [-0.2, -0.15) is 0 Å². The molecule has 2 nitrogen and oxygen atoms in total. The van der Waals surface area contributed by atoms with Gasteiger partial charge in [0.1, 0.15) is 11.5 Å². The molecule has 0 aromatic heterocycles. The highest BCUT2D eigenvalue weighted by atomic mass is 35.5. The van der Waals surface area contributed by atoms with Gasteiger partial charge in [-0.25, -0.2) is 0 Å². The number of halogens is 2. The van der Waals surface area contributed by atoms with Gasteiger partial charge >= 0.3 is 0 Å². The number of carbonyl (C=O) groups is 1. The zero-order chi connectivity index (χ0) is 13.0. The molecule has 0 N–H and O–H groups in total. The first kappa shape index (κ1) is 14.3. The summed E-state index contributed by atoms with van der Waals surface area (Å²) in [5, 5.41) is 1.09. The monoisotopic (exact) mass is 274 g/mol. The van der Waals surface area contributed by atoms with Gasteiger partial charge in [-0.1, -0.05) is 30.1 Å². The first-order valence-electron chi connectivity index (χ1n) is 5.45. The molecule has 1 atom stereocenters. The van der Waals surface area contributed by atoms with E-state index in [1.165, 1.54) is 0 Å². The molecule has 4 heteroatoms. The fourth-order valence-corrected chi connectivity index (χ4v) is 2.54. The summed E-state index contributed by atoms with van der Waals surface area (Å²) in [7, 11) is 1.58. The standard InChI is InChI=1S/C13H16Cl2O2/c1-8(4-9(2)16)5-10-6-11(14)7-12(15)13(10)17-3/h6-8H,4-5H2,1-3H3. The molecule has 1 aromatic carbocycles. The molecule has 0 radical (unpaired) electrons.